The molecule has 4 aliphatic rings. The molecule has 0 aromatic heterocycles. The average Bonchev–Trinajstić information content (AvgIpc) is 2.78. The summed E-state index contributed by atoms with van der Waals surface area (Å²) >= 11 is 0. The van der Waals surface area contributed by atoms with E-state index in [0.29, 0.717) is 23.2 Å². The fraction of sp³-hybridized carbons (Fsp3) is 0.579. The Bertz CT molecular complexity index is 646. The van der Waals surface area contributed by atoms with Gasteiger partial charge in [-0.25, -0.2) is 4.79 Å². The van der Waals surface area contributed by atoms with Crippen LogP contribution in [0.4, 0.5) is 10.5 Å². The maximum absolute atomic E-state index is 13.1. The second-order valence-electron chi connectivity index (χ2n) is 7.59. The van der Waals surface area contributed by atoms with Crippen molar-refractivity contribution in [3.8, 4) is 0 Å². The Morgan fingerprint density at radius 3 is 2.50 bits per heavy atom. The van der Waals surface area contributed by atoms with Crippen molar-refractivity contribution < 1.29 is 14.3 Å². The van der Waals surface area contributed by atoms with Gasteiger partial charge in [-0.05, 0) is 68.1 Å². The SMILES string of the molecule is COC(=O)Nc1cccc(C(=O)N2CC3CC4CC(C3)CC2C4)c1. The van der Waals surface area contributed by atoms with Crippen molar-refractivity contribution in [1.82, 2.24) is 4.90 Å². The first-order valence-corrected chi connectivity index (χ1v) is 8.88. The average molecular weight is 328 g/mol. The lowest BCUT2D eigenvalue weighted by Gasteiger charge is -2.39. The van der Waals surface area contributed by atoms with Crippen LogP contribution in [-0.4, -0.2) is 36.6 Å². The molecule has 24 heavy (non-hydrogen) atoms. The van der Waals surface area contributed by atoms with Crippen LogP contribution in [0.25, 0.3) is 0 Å². The lowest BCUT2D eigenvalue weighted by atomic mass is 9.68. The zero-order valence-electron chi connectivity index (χ0n) is 14.0. The number of amides is 2. The van der Waals surface area contributed by atoms with Crippen molar-refractivity contribution in [3.63, 3.8) is 0 Å². The summed E-state index contributed by atoms with van der Waals surface area (Å²) in [6.45, 7) is 0.894. The maximum atomic E-state index is 13.1. The molecule has 0 radical (unpaired) electrons. The molecule has 0 spiro atoms. The number of hydrogen-bond acceptors (Lipinski definition) is 3. The number of nitrogens with one attached hydrogen (secondary N) is 1. The van der Waals surface area contributed by atoms with Gasteiger partial charge in [0.05, 0.1) is 7.11 Å². The Labute approximate surface area is 142 Å². The quantitative estimate of drug-likeness (QED) is 0.904. The van der Waals surface area contributed by atoms with Crippen LogP contribution in [0.5, 0.6) is 0 Å². The van der Waals surface area contributed by atoms with Crippen LogP contribution in [0.1, 0.15) is 42.5 Å². The molecule has 4 bridgehead atoms. The second-order valence-corrected chi connectivity index (χ2v) is 7.59. The van der Waals surface area contributed by atoms with E-state index in [4.69, 9.17) is 0 Å². The van der Waals surface area contributed by atoms with Crippen molar-refractivity contribution in [2.24, 2.45) is 17.8 Å². The van der Waals surface area contributed by atoms with Gasteiger partial charge in [0, 0.05) is 23.8 Å². The Kier molecular flexibility index (Phi) is 3.94. The van der Waals surface area contributed by atoms with Gasteiger partial charge in [-0.3, -0.25) is 10.1 Å². The van der Waals surface area contributed by atoms with Gasteiger partial charge in [-0.15, -0.1) is 0 Å². The lowest BCUT2D eigenvalue weighted by Crippen LogP contribution is -2.42. The molecule has 2 aliphatic carbocycles. The third-order valence-corrected chi connectivity index (χ3v) is 5.91. The predicted octanol–water partition coefficient (Wildman–Crippen LogP) is 3.52. The minimum Gasteiger partial charge on any atom is -0.453 e. The standard InChI is InChI=1S/C19H24N2O3/c1-24-19(23)20-16-4-2-3-15(10-16)18(22)21-11-14-6-12-5-13(7-14)9-17(21)8-12/h2-4,10,12-14,17H,5-9,11H2,1H3,(H,20,23). The van der Waals surface area contributed by atoms with E-state index in [2.05, 4.69) is 15.0 Å². The molecule has 2 aliphatic heterocycles. The van der Waals surface area contributed by atoms with Gasteiger partial charge in [0.2, 0.25) is 0 Å². The van der Waals surface area contributed by atoms with E-state index in [9.17, 15) is 9.59 Å². The smallest absolute Gasteiger partial charge is 0.411 e. The van der Waals surface area contributed by atoms with Crippen LogP contribution < -0.4 is 5.32 Å². The van der Waals surface area contributed by atoms with Gasteiger partial charge >= 0.3 is 6.09 Å². The molecule has 2 heterocycles. The van der Waals surface area contributed by atoms with Crippen molar-refractivity contribution in [3.05, 3.63) is 29.8 Å². The summed E-state index contributed by atoms with van der Waals surface area (Å²) < 4.78 is 4.62. The molecular formula is C19H24N2O3. The summed E-state index contributed by atoms with van der Waals surface area (Å²) in [6, 6.07) is 7.55. The van der Waals surface area contributed by atoms with Gasteiger partial charge in [0.1, 0.15) is 0 Å². The first-order chi connectivity index (χ1) is 11.6. The summed E-state index contributed by atoms with van der Waals surface area (Å²) in [5, 5.41) is 2.63. The van der Waals surface area contributed by atoms with Crippen molar-refractivity contribution >= 4 is 17.7 Å². The number of anilines is 1. The zero-order chi connectivity index (χ0) is 16.7. The molecule has 128 valence electrons. The van der Waals surface area contributed by atoms with E-state index in [0.717, 1.165) is 18.4 Å². The summed E-state index contributed by atoms with van der Waals surface area (Å²) in [5.41, 5.74) is 1.23. The van der Waals surface area contributed by atoms with Crippen LogP contribution in [-0.2, 0) is 4.74 Å². The molecule has 2 unspecified atom stereocenters. The molecule has 2 saturated carbocycles. The molecule has 2 saturated heterocycles. The molecule has 5 heteroatoms. The van der Waals surface area contributed by atoms with E-state index in [-0.39, 0.29) is 5.91 Å². The number of carbonyl (C=O) groups is 2. The van der Waals surface area contributed by atoms with E-state index in [1.165, 1.54) is 39.2 Å². The number of carbonyl (C=O) groups excluding carboxylic acids is 2. The van der Waals surface area contributed by atoms with Gasteiger partial charge in [-0.1, -0.05) is 6.07 Å². The van der Waals surface area contributed by atoms with Crippen LogP contribution in [0.15, 0.2) is 24.3 Å². The number of fused-ring (bicyclic) bond motifs is 1. The third-order valence-electron chi connectivity index (χ3n) is 5.91. The van der Waals surface area contributed by atoms with Gasteiger partial charge in [-0.2, -0.15) is 0 Å². The number of ether oxygens (including phenoxy) is 1. The zero-order valence-corrected chi connectivity index (χ0v) is 14.0. The summed E-state index contributed by atoms with van der Waals surface area (Å²) in [7, 11) is 1.33. The highest BCUT2D eigenvalue weighted by Crippen LogP contribution is 2.47. The van der Waals surface area contributed by atoms with E-state index in [1.54, 1.807) is 18.2 Å². The minimum atomic E-state index is -0.523. The first-order valence-electron chi connectivity index (χ1n) is 8.88. The maximum Gasteiger partial charge on any atom is 0.411 e. The molecule has 1 N–H and O–H groups in total. The minimum absolute atomic E-state index is 0.0988. The Morgan fingerprint density at radius 1 is 1.08 bits per heavy atom. The Morgan fingerprint density at radius 2 is 1.79 bits per heavy atom. The largest absolute Gasteiger partial charge is 0.453 e. The van der Waals surface area contributed by atoms with Gasteiger partial charge in [0.25, 0.3) is 5.91 Å². The number of methoxy groups -OCH3 is 1. The highest BCUT2D eigenvalue weighted by Gasteiger charge is 2.44. The van der Waals surface area contributed by atoms with Crippen molar-refractivity contribution in [2.75, 3.05) is 19.0 Å². The molecular weight excluding hydrogens is 304 g/mol. The lowest BCUT2D eigenvalue weighted by molar-refractivity contribution is 0.0632. The molecule has 2 atom stereocenters. The van der Waals surface area contributed by atoms with Gasteiger partial charge < -0.3 is 9.64 Å². The Hall–Kier alpha value is -2.04. The second kappa shape index (κ2) is 6.11. The van der Waals surface area contributed by atoms with Crippen LogP contribution in [0, 0.1) is 17.8 Å². The number of rotatable bonds is 2. The molecule has 2 amide bonds. The highest BCUT2D eigenvalue weighted by molar-refractivity contribution is 5.96. The predicted molar refractivity (Wildman–Crippen MR) is 90.8 cm³/mol. The topological polar surface area (TPSA) is 58.6 Å². The number of benzene rings is 1. The summed E-state index contributed by atoms with van der Waals surface area (Å²) in [5.74, 6) is 2.40. The normalized spacial score (nSPS) is 30.8. The van der Waals surface area contributed by atoms with Crippen LogP contribution >= 0.6 is 0 Å². The molecule has 5 rings (SSSR count). The van der Waals surface area contributed by atoms with Crippen molar-refractivity contribution in [2.45, 2.75) is 38.1 Å². The van der Waals surface area contributed by atoms with E-state index >= 15 is 0 Å². The third kappa shape index (κ3) is 2.87. The van der Waals surface area contributed by atoms with E-state index < -0.39 is 6.09 Å². The fourth-order valence-electron chi connectivity index (χ4n) is 5.10. The molecule has 5 nitrogen and oxygen atoms in total. The molecule has 4 fully saturated rings. The summed E-state index contributed by atoms with van der Waals surface area (Å²) in [6.07, 6.45) is 5.76. The first kappa shape index (κ1) is 15.5. The molecule has 1 aromatic carbocycles. The fourth-order valence-corrected chi connectivity index (χ4v) is 5.10. The van der Waals surface area contributed by atoms with E-state index in [1.807, 2.05) is 6.07 Å². The molecule has 1 aromatic rings. The number of nitrogens with zero attached hydrogens (tertiary/aromatic N) is 1. The highest BCUT2D eigenvalue weighted by atomic mass is 16.5. The van der Waals surface area contributed by atoms with Crippen molar-refractivity contribution in [1.29, 1.82) is 0 Å². The van der Waals surface area contributed by atoms with Crippen LogP contribution in [0.2, 0.25) is 0 Å². The summed E-state index contributed by atoms with van der Waals surface area (Å²) in [4.78, 5) is 26.6. The number of hydrogen-bond donors (Lipinski definition) is 1. The van der Waals surface area contributed by atoms with Gasteiger partial charge in [0.15, 0.2) is 0 Å². The monoisotopic (exact) mass is 328 g/mol. The van der Waals surface area contributed by atoms with Crippen LogP contribution in [0.3, 0.4) is 0 Å². The Balaban J connectivity index is 1.55.